The highest BCUT2D eigenvalue weighted by molar-refractivity contribution is 7.86. The molecular weight excluding hydrogens is 286 g/mol. The summed E-state index contributed by atoms with van der Waals surface area (Å²) in [6, 6.07) is 0. The number of hydrogen-bond donors (Lipinski definition) is 1. The maximum Gasteiger partial charge on any atom is 0.282 e. The molecule has 0 radical (unpaired) electrons. The van der Waals surface area contributed by atoms with Gasteiger partial charge in [-0.1, -0.05) is 39.3 Å². The lowest BCUT2D eigenvalue weighted by Crippen LogP contribution is -2.45. The first kappa shape index (κ1) is 18.6. The van der Waals surface area contributed by atoms with Gasteiger partial charge in [-0.15, -0.1) is 0 Å². The highest BCUT2D eigenvalue weighted by Crippen LogP contribution is 2.30. The van der Waals surface area contributed by atoms with Gasteiger partial charge in [-0.2, -0.15) is 17.0 Å². The molecule has 0 unspecified atom stereocenters. The summed E-state index contributed by atoms with van der Waals surface area (Å²) in [6.45, 7) is 12.0. The third kappa shape index (κ3) is 5.36. The van der Waals surface area contributed by atoms with E-state index in [4.69, 9.17) is 0 Å². The van der Waals surface area contributed by atoms with Crippen molar-refractivity contribution in [2.24, 2.45) is 5.41 Å². The van der Waals surface area contributed by atoms with E-state index in [1.165, 1.54) is 9.88 Å². The average Bonchev–Trinajstić information content (AvgIpc) is 2.42. The molecule has 0 aliphatic carbocycles. The zero-order chi connectivity index (χ0) is 16.1. The minimum Gasteiger partial charge on any atom is -0.317 e. The zero-order valence-electron chi connectivity index (χ0n) is 14.1. The molecular formula is C15H31N3O2S. The molecule has 1 aliphatic rings. The van der Waals surface area contributed by atoms with Gasteiger partial charge in [0.05, 0.1) is 0 Å². The molecule has 5 nitrogen and oxygen atoms in total. The van der Waals surface area contributed by atoms with E-state index in [-0.39, 0.29) is 5.41 Å². The number of nitrogens with one attached hydrogen (secondary N) is 1. The average molecular weight is 317 g/mol. The van der Waals surface area contributed by atoms with Crippen molar-refractivity contribution in [1.82, 2.24) is 13.9 Å². The van der Waals surface area contributed by atoms with E-state index in [0.29, 0.717) is 19.6 Å². The van der Waals surface area contributed by atoms with Gasteiger partial charge in [-0.05, 0) is 31.3 Å². The molecule has 0 aromatic rings. The predicted molar refractivity (Wildman–Crippen MR) is 88.4 cm³/mol. The van der Waals surface area contributed by atoms with Crippen molar-refractivity contribution in [2.75, 3.05) is 39.8 Å². The summed E-state index contributed by atoms with van der Waals surface area (Å²) in [7, 11) is -1.65. The summed E-state index contributed by atoms with van der Waals surface area (Å²) in [4.78, 5) is 0. The minimum absolute atomic E-state index is 0.133. The fraction of sp³-hybridized carbons (Fsp3) is 0.867. The largest absolute Gasteiger partial charge is 0.317 e. The summed E-state index contributed by atoms with van der Waals surface area (Å²) >= 11 is 0. The second-order valence-electron chi connectivity index (χ2n) is 6.62. The molecule has 1 N–H and O–H groups in total. The molecule has 0 aromatic heterocycles. The quantitative estimate of drug-likeness (QED) is 0.576. The van der Waals surface area contributed by atoms with Crippen LogP contribution >= 0.6 is 0 Å². The summed E-state index contributed by atoms with van der Waals surface area (Å²) in [5.74, 6) is 0. The van der Waals surface area contributed by atoms with Gasteiger partial charge in [0.15, 0.2) is 0 Å². The smallest absolute Gasteiger partial charge is 0.282 e. The van der Waals surface area contributed by atoms with Crippen molar-refractivity contribution >= 4 is 10.2 Å². The standard InChI is InChI=1S/C15H31N3O2S/c1-6-16-10-7-11-17(5)21(19,20)18-12-8-14(9-13-18)15(2,3)4/h8,16H,6-7,9-13H2,1-5H3. The number of nitrogens with zero attached hydrogens (tertiary/aromatic N) is 2. The van der Waals surface area contributed by atoms with E-state index in [1.807, 2.05) is 6.92 Å². The van der Waals surface area contributed by atoms with Gasteiger partial charge in [0, 0.05) is 26.7 Å². The van der Waals surface area contributed by atoms with E-state index < -0.39 is 10.2 Å². The minimum atomic E-state index is -3.32. The summed E-state index contributed by atoms with van der Waals surface area (Å²) in [5, 5.41) is 3.21. The van der Waals surface area contributed by atoms with Crippen LogP contribution in [0.4, 0.5) is 0 Å². The van der Waals surface area contributed by atoms with Gasteiger partial charge in [0.25, 0.3) is 10.2 Å². The number of hydrogen-bond acceptors (Lipinski definition) is 3. The van der Waals surface area contributed by atoms with Crippen LogP contribution in [-0.2, 0) is 10.2 Å². The molecule has 6 heteroatoms. The van der Waals surface area contributed by atoms with Crippen LogP contribution in [0, 0.1) is 5.41 Å². The van der Waals surface area contributed by atoms with Crippen molar-refractivity contribution in [1.29, 1.82) is 0 Å². The second kappa shape index (κ2) is 7.72. The highest BCUT2D eigenvalue weighted by Gasteiger charge is 2.30. The SMILES string of the molecule is CCNCCCN(C)S(=O)(=O)N1CC=C(C(C)(C)C)CC1. The monoisotopic (exact) mass is 317 g/mol. The second-order valence-corrected chi connectivity index (χ2v) is 8.66. The lowest BCUT2D eigenvalue weighted by atomic mass is 9.83. The van der Waals surface area contributed by atoms with Crippen LogP contribution in [0.3, 0.4) is 0 Å². The predicted octanol–water partition coefficient (Wildman–Crippen LogP) is 1.84. The molecule has 0 spiro atoms. The Bertz CT molecular complexity index is 452. The lowest BCUT2D eigenvalue weighted by Gasteiger charge is -2.33. The molecule has 1 rings (SSSR count). The Balaban J connectivity index is 2.58. The molecule has 1 aliphatic heterocycles. The molecule has 124 valence electrons. The number of rotatable bonds is 7. The Kier molecular flexibility index (Phi) is 6.84. The Labute approximate surface area is 130 Å². The van der Waals surface area contributed by atoms with E-state index in [1.54, 1.807) is 11.4 Å². The van der Waals surface area contributed by atoms with Crippen molar-refractivity contribution in [3.63, 3.8) is 0 Å². The maximum atomic E-state index is 12.5. The first-order chi connectivity index (χ1) is 9.69. The first-order valence-corrected chi connectivity index (χ1v) is 9.21. The van der Waals surface area contributed by atoms with E-state index in [9.17, 15) is 8.42 Å². The van der Waals surface area contributed by atoms with Crippen molar-refractivity contribution in [2.45, 2.75) is 40.5 Å². The van der Waals surface area contributed by atoms with E-state index in [2.05, 4.69) is 32.2 Å². The van der Waals surface area contributed by atoms with Crippen LogP contribution in [0.2, 0.25) is 0 Å². The maximum absolute atomic E-state index is 12.5. The fourth-order valence-electron chi connectivity index (χ4n) is 2.46. The molecule has 1 heterocycles. The Morgan fingerprint density at radius 3 is 2.52 bits per heavy atom. The summed E-state index contributed by atoms with van der Waals surface area (Å²) < 4.78 is 28.1. The third-order valence-electron chi connectivity index (χ3n) is 3.93. The molecule has 0 saturated carbocycles. The van der Waals surface area contributed by atoms with Gasteiger partial charge in [0.1, 0.15) is 0 Å². The van der Waals surface area contributed by atoms with Crippen LogP contribution in [0.15, 0.2) is 11.6 Å². The van der Waals surface area contributed by atoms with Gasteiger partial charge in [-0.25, -0.2) is 0 Å². The molecule has 0 atom stereocenters. The van der Waals surface area contributed by atoms with Gasteiger partial charge >= 0.3 is 0 Å². The van der Waals surface area contributed by atoms with Crippen LogP contribution in [0.25, 0.3) is 0 Å². The lowest BCUT2D eigenvalue weighted by molar-refractivity contribution is 0.350. The van der Waals surface area contributed by atoms with Crippen LogP contribution in [0.5, 0.6) is 0 Å². The van der Waals surface area contributed by atoms with Crippen molar-refractivity contribution in [3.8, 4) is 0 Å². The highest BCUT2D eigenvalue weighted by atomic mass is 32.2. The van der Waals surface area contributed by atoms with Crippen LogP contribution in [-0.4, -0.2) is 56.8 Å². The molecule has 0 saturated heterocycles. The summed E-state index contributed by atoms with van der Waals surface area (Å²) in [5.41, 5.74) is 1.48. The fourth-order valence-corrected chi connectivity index (χ4v) is 3.80. The van der Waals surface area contributed by atoms with Crippen LogP contribution in [0.1, 0.15) is 40.5 Å². The Morgan fingerprint density at radius 1 is 1.38 bits per heavy atom. The van der Waals surface area contributed by atoms with Gasteiger partial charge in [0.2, 0.25) is 0 Å². The molecule has 21 heavy (non-hydrogen) atoms. The molecule has 0 aromatic carbocycles. The van der Waals surface area contributed by atoms with E-state index >= 15 is 0 Å². The Morgan fingerprint density at radius 2 is 2.05 bits per heavy atom. The molecule has 0 fully saturated rings. The van der Waals surface area contributed by atoms with Crippen molar-refractivity contribution < 1.29 is 8.42 Å². The summed E-state index contributed by atoms with van der Waals surface area (Å²) in [6.07, 6.45) is 3.74. The molecule has 0 bridgehead atoms. The Hall–Kier alpha value is -0.430. The zero-order valence-corrected chi connectivity index (χ0v) is 15.0. The van der Waals surface area contributed by atoms with E-state index in [0.717, 1.165) is 25.9 Å². The van der Waals surface area contributed by atoms with Gasteiger partial charge < -0.3 is 5.32 Å². The van der Waals surface area contributed by atoms with Gasteiger partial charge in [-0.3, -0.25) is 0 Å². The topological polar surface area (TPSA) is 52.7 Å². The first-order valence-electron chi connectivity index (χ1n) is 7.81. The normalized spacial score (nSPS) is 18.1. The van der Waals surface area contributed by atoms with Crippen LogP contribution < -0.4 is 5.32 Å². The van der Waals surface area contributed by atoms with Crippen molar-refractivity contribution in [3.05, 3.63) is 11.6 Å². The third-order valence-corrected chi connectivity index (χ3v) is 5.89. The molecule has 0 amide bonds.